The standard InChI is InChI=1S/C20H23NO5/c1-21(2)12-5-13-24-15-10-8-14(9-11-15)18-19(20(22)23)26-17-7-4-3-6-16(17)25-18/h3-4,6-11,18-19H,5,12-13H2,1-2H3,(H,22,23). The Bertz CT molecular complexity index is 744. The van der Waals surface area contributed by atoms with Crippen molar-refractivity contribution in [2.24, 2.45) is 0 Å². The fraction of sp³-hybridized carbons (Fsp3) is 0.350. The Labute approximate surface area is 152 Å². The van der Waals surface area contributed by atoms with Crippen LogP contribution in [0.25, 0.3) is 0 Å². The van der Waals surface area contributed by atoms with Gasteiger partial charge in [0.1, 0.15) is 5.75 Å². The molecule has 6 heteroatoms. The van der Waals surface area contributed by atoms with Gasteiger partial charge in [0.2, 0.25) is 6.10 Å². The van der Waals surface area contributed by atoms with Crippen LogP contribution in [0, 0.1) is 0 Å². The lowest BCUT2D eigenvalue weighted by Gasteiger charge is -2.31. The number of para-hydroxylation sites is 2. The SMILES string of the molecule is CN(C)CCCOc1ccc(C2Oc3ccccc3OC2C(=O)O)cc1. The summed E-state index contributed by atoms with van der Waals surface area (Å²) in [6.45, 7) is 1.59. The lowest BCUT2D eigenvalue weighted by atomic mass is 10.0. The van der Waals surface area contributed by atoms with Crippen molar-refractivity contribution in [1.29, 1.82) is 0 Å². The number of carbonyl (C=O) groups is 1. The van der Waals surface area contributed by atoms with E-state index in [1.807, 2.05) is 44.4 Å². The van der Waals surface area contributed by atoms with Crippen molar-refractivity contribution in [3.63, 3.8) is 0 Å². The fourth-order valence-corrected chi connectivity index (χ4v) is 2.79. The molecule has 0 bridgehead atoms. The highest BCUT2D eigenvalue weighted by Crippen LogP contribution is 2.39. The van der Waals surface area contributed by atoms with E-state index in [0.717, 1.165) is 24.3 Å². The molecule has 0 spiro atoms. The lowest BCUT2D eigenvalue weighted by Crippen LogP contribution is -2.39. The first-order valence-electron chi connectivity index (χ1n) is 8.57. The summed E-state index contributed by atoms with van der Waals surface area (Å²) in [5.74, 6) is 0.668. The number of fused-ring (bicyclic) bond motifs is 1. The van der Waals surface area contributed by atoms with Crippen molar-refractivity contribution in [3.8, 4) is 17.2 Å². The molecule has 1 aliphatic heterocycles. The van der Waals surface area contributed by atoms with Gasteiger partial charge in [0, 0.05) is 6.54 Å². The molecule has 0 amide bonds. The third-order valence-corrected chi connectivity index (χ3v) is 4.10. The quantitative estimate of drug-likeness (QED) is 0.769. The van der Waals surface area contributed by atoms with Crippen molar-refractivity contribution in [3.05, 3.63) is 54.1 Å². The number of nitrogens with zero attached hydrogens (tertiary/aromatic N) is 1. The normalized spacial score (nSPS) is 18.6. The number of hydrogen-bond donors (Lipinski definition) is 1. The predicted octanol–water partition coefficient (Wildman–Crippen LogP) is 2.98. The monoisotopic (exact) mass is 357 g/mol. The molecule has 26 heavy (non-hydrogen) atoms. The van der Waals surface area contributed by atoms with Crippen LogP contribution in [0.5, 0.6) is 17.2 Å². The first-order chi connectivity index (χ1) is 12.5. The van der Waals surface area contributed by atoms with E-state index >= 15 is 0 Å². The molecular weight excluding hydrogens is 334 g/mol. The van der Waals surface area contributed by atoms with Crippen LogP contribution in [0.3, 0.4) is 0 Å². The average Bonchev–Trinajstić information content (AvgIpc) is 2.64. The van der Waals surface area contributed by atoms with Crippen LogP contribution < -0.4 is 14.2 Å². The van der Waals surface area contributed by atoms with Crippen LogP contribution in [0.15, 0.2) is 48.5 Å². The number of hydrogen-bond acceptors (Lipinski definition) is 5. The third kappa shape index (κ3) is 4.26. The van der Waals surface area contributed by atoms with Gasteiger partial charge in [0.05, 0.1) is 6.61 Å². The Hall–Kier alpha value is -2.73. The van der Waals surface area contributed by atoms with Gasteiger partial charge in [-0.15, -0.1) is 0 Å². The zero-order valence-electron chi connectivity index (χ0n) is 14.9. The molecule has 0 saturated heterocycles. The molecule has 0 fully saturated rings. The van der Waals surface area contributed by atoms with Crippen LogP contribution in [0.1, 0.15) is 18.1 Å². The average molecular weight is 357 g/mol. The molecule has 1 heterocycles. The number of benzene rings is 2. The second-order valence-electron chi connectivity index (χ2n) is 6.44. The van der Waals surface area contributed by atoms with Gasteiger partial charge in [-0.05, 0) is 50.3 Å². The zero-order chi connectivity index (χ0) is 18.5. The molecule has 3 rings (SSSR count). The minimum Gasteiger partial charge on any atom is -0.494 e. The van der Waals surface area contributed by atoms with E-state index in [-0.39, 0.29) is 0 Å². The predicted molar refractivity (Wildman–Crippen MR) is 97.0 cm³/mol. The molecule has 0 saturated carbocycles. The second kappa shape index (κ2) is 8.10. The zero-order valence-corrected chi connectivity index (χ0v) is 14.9. The van der Waals surface area contributed by atoms with Crippen molar-refractivity contribution in [2.45, 2.75) is 18.6 Å². The van der Waals surface area contributed by atoms with Crippen molar-refractivity contribution in [2.75, 3.05) is 27.2 Å². The Morgan fingerprint density at radius 2 is 1.73 bits per heavy atom. The van der Waals surface area contributed by atoms with Gasteiger partial charge in [-0.25, -0.2) is 4.79 Å². The molecule has 138 valence electrons. The van der Waals surface area contributed by atoms with Gasteiger partial charge in [0.15, 0.2) is 17.6 Å². The van der Waals surface area contributed by atoms with E-state index in [1.165, 1.54) is 0 Å². The first kappa shape index (κ1) is 18.1. The van der Waals surface area contributed by atoms with E-state index < -0.39 is 18.2 Å². The highest BCUT2D eigenvalue weighted by Gasteiger charge is 2.38. The maximum Gasteiger partial charge on any atom is 0.349 e. The Kier molecular flexibility index (Phi) is 5.63. The summed E-state index contributed by atoms with van der Waals surface area (Å²) in [7, 11) is 4.05. The van der Waals surface area contributed by atoms with Gasteiger partial charge >= 0.3 is 5.97 Å². The largest absolute Gasteiger partial charge is 0.494 e. The van der Waals surface area contributed by atoms with Crippen molar-refractivity contribution in [1.82, 2.24) is 4.90 Å². The van der Waals surface area contributed by atoms with Crippen LogP contribution >= 0.6 is 0 Å². The van der Waals surface area contributed by atoms with Crippen LogP contribution in [-0.4, -0.2) is 49.3 Å². The molecule has 1 N–H and O–H groups in total. The Morgan fingerprint density at radius 3 is 2.35 bits per heavy atom. The summed E-state index contributed by atoms with van der Waals surface area (Å²) in [6, 6.07) is 14.4. The lowest BCUT2D eigenvalue weighted by molar-refractivity contribution is -0.151. The summed E-state index contributed by atoms with van der Waals surface area (Å²) in [5, 5.41) is 9.50. The van der Waals surface area contributed by atoms with E-state index in [4.69, 9.17) is 14.2 Å². The number of carboxylic acid groups (broad SMARTS) is 1. The molecule has 2 unspecified atom stereocenters. The van der Waals surface area contributed by atoms with Crippen LogP contribution in [0.4, 0.5) is 0 Å². The first-order valence-corrected chi connectivity index (χ1v) is 8.57. The minimum absolute atomic E-state index is 0.442. The summed E-state index contributed by atoms with van der Waals surface area (Å²) in [4.78, 5) is 13.7. The molecule has 1 aliphatic rings. The van der Waals surface area contributed by atoms with Gasteiger partial charge in [-0.2, -0.15) is 0 Å². The Balaban J connectivity index is 1.70. The molecule has 6 nitrogen and oxygen atoms in total. The smallest absolute Gasteiger partial charge is 0.349 e. The molecular formula is C20H23NO5. The number of aliphatic carboxylic acids is 1. The van der Waals surface area contributed by atoms with E-state index in [9.17, 15) is 9.90 Å². The van der Waals surface area contributed by atoms with Crippen molar-refractivity contribution < 1.29 is 24.1 Å². The molecule has 0 radical (unpaired) electrons. The summed E-state index contributed by atoms with van der Waals surface area (Å²) in [6.07, 6.45) is -0.881. The summed E-state index contributed by atoms with van der Waals surface area (Å²) in [5.41, 5.74) is 0.729. The van der Waals surface area contributed by atoms with Crippen LogP contribution in [-0.2, 0) is 4.79 Å². The topological polar surface area (TPSA) is 68.2 Å². The summed E-state index contributed by atoms with van der Waals surface area (Å²) < 4.78 is 17.3. The molecule has 0 aliphatic carbocycles. The number of rotatable bonds is 7. The molecule has 2 atom stereocenters. The van der Waals surface area contributed by atoms with E-state index in [0.29, 0.717) is 18.1 Å². The van der Waals surface area contributed by atoms with Crippen molar-refractivity contribution >= 4 is 5.97 Å². The van der Waals surface area contributed by atoms with Gasteiger partial charge in [-0.3, -0.25) is 0 Å². The highest BCUT2D eigenvalue weighted by atomic mass is 16.6. The third-order valence-electron chi connectivity index (χ3n) is 4.10. The highest BCUT2D eigenvalue weighted by molar-refractivity contribution is 5.75. The fourth-order valence-electron chi connectivity index (χ4n) is 2.79. The molecule has 2 aromatic carbocycles. The molecule has 0 aromatic heterocycles. The summed E-state index contributed by atoms with van der Waals surface area (Å²) >= 11 is 0. The second-order valence-corrected chi connectivity index (χ2v) is 6.44. The maximum absolute atomic E-state index is 11.6. The van der Waals surface area contributed by atoms with Gasteiger partial charge in [-0.1, -0.05) is 24.3 Å². The van der Waals surface area contributed by atoms with Crippen LogP contribution in [0.2, 0.25) is 0 Å². The van der Waals surface area contributed by atoms with E-state index in [2.05, 4.69) is 4.90 Å². The van der Waals surface area contributed by atoms with Gasteiger partial charge < -0.3 is 24.2 Å². The van der Waals surface area contributed by atoms with E-state index in [1.54, 1.807) is 18.2 Å². The Morgan fingerprint density at radius 1 is 1.08 bits per heavy atom. The van der Waals surface area contributed by atoms with Gasteiger partial charge in [0.25, 0.3) is 0 Å². The minimum atomic E-state index is -1.10. The number of carboxylic acids is 1. The number of ether oxygens (including phenoxy) is 3. The molecule has 2 aromatic rings. The maximum atomic E-state index is 11.6.